The molecule has 8 heteroatoms. The van der Waals surface area contributed by atoms with Crippen molar-refractivity contribution in [3.63, 3.8) is 0 Å². The molecule has 0 saturated carbocycles. The Morgan fingerprint density at radius 1 is 1.08 bits per heavy atom. The zero-order chi connectivity index (χ0) is 26.9. The molecule has 4 heterocycles. The highest BCUT2D eigenvalue weighted by Gasteiger charge is 2.40. The van der Waals surface area contributed by atoms with Gasteiger partial charge in [-0.25, -0.2) is 0 Å². The number of benzene rings is 2. The lowest BCUT2D eigenvalue weighted by molar-refractivity contribution is -0.136. The number of likely N-dealkylation sites (tertiary alicyclic amines) is 1. The Balaban J connectivity index is 0.947. The van der Waals surface area contributed by atoms with Gasteiger partial charge in [-0.05, 0) is 75.4 Å². The highest BCUT2D eigenvalue weighted by Crippen LogP contribution is 2.38. The second-order valence-corrected chi connectivity index (χ2v) is 11.3. The first-order chi connectivity index (χ1) is 19.0. The van der Waals surface area contributed by atoms with E-state index in [1.165, 1.54) is 16.7 Å². The van der Waals surface area contributed by atoms with Gasteiger partial charge >= 0.3 is 0 Å². The van der Waals surface area contributed by atoms with Gasteiger partial charge in [0.05, 0.1) is 25.9 Å². The maximum Gasteiger partial charge on any atom is 0.255 e. The van der Waals surface area contributed by atoms with Crippen molar-refractivity contribution in [2.45, 2.75) is 76.7 Å². The first-order valence-corrected chi connectivity index (χ1v) is 14.3. The molecule has 6 rings (SSSR count). The predicted octanol–water partition coefficient (Wildman–Crippen LogP) is 3.69. The van der Waals surface area contributed by atoms with Crippen LogP contribution in [0, 0.1) is 6.92 Å². The molecule has 2 aromatic rings. The van der Waals surface area contributed by atoms with Gasteiger partial charge in [-0.3, -0.25) is 19.7 Å². The molecule has 1 N–H and O–H groups in total. The Kier molecular flexibility index (Phi) is 7.40. The van der Waals surface area contributed by atoms with Gasteiger partial charge in [-0.15, -0.1) is 0 Å². The van der Waals surface area contributed by atoms with E-state index in [0.717, 1.165) is 57.5 Å². The van der Waals surface area contributed by atoms with E-state index >= 15 is 0 Å². The van der Waals surface area contributed by atoms with Gasteiger partial charge in [0.1, 0.15) is 11.8 Å². The highest BCUT2D eigenvalue weighted by molar-refractivity contribution is 6.05. The van der Waals surface area contributed by atoms with E-state index in [9.17, 15) is 14.4 Å². The molecule has 0 radical (unpaired) electrons. The topological polar surface area (TPSA) is 88.2 Å². The third-order valence-corrected chi connectivity index (χ3v) is 8.71. The Bertz CT molecular complexity index is 1280. The number of nitrogens with one attached hydrogen (secondary N) is 1. The molecule has 2 fully saturated rings. The van der Waals surface area contributed by atoms with Crippen LogP contribution in [0.15, 0.2) is 36.4 Å². The van der Waals surface area contributed by atoms with Crippen molar-refractivity contribution >= 4 is 17.7 Å². The Morgan fingerprint density at radius 3 is 2.85 bits per heavy atom. The van der Waals surface area contributed by atoms with Crippen LogP contribution in [0.4, 0.5) is 0 Å². The van der Waals surface area contributed by atoms with Gasteiger partial charge in [0.15, 0.2) is 0 Å². The van der Waals surface area contributed by atoms with Crippen LogP contribution in [-0.4, -0.2) is 65.9 Å². The smallest absolute Gasteiger partial charge is 0.255 e. The molecule has 2 saturated heterocycles. The molecule has 0 aromatic heterocycles. The number of amides is 3. The summed E-state index contributed by atoms with van der Waals surface area (Å²) in [5, 5.41) is 2.35. The molecule has 0 spiro atoms. The fourth-order valence-electron chi connectivity index (χ4n) is 6.58. The molecular weight excluding hydrogens is 494 g/mol. The van der Waals surface area contributed by atoms with Gasteiger partial charge in [0, 0.05) is 30.0 Å². The lowest BCUT2D eigenvalue weighted by Gasteiger charge is -2.42. The largest absolute Gasteiger partial charge is 0.493 e. The standard InChI is InChI=1S/C31H37N3O5/c1-20-8-9-21-19-39-28-18-33(14-12-22(28)24(21)16-20)13-3-2-4-15-38-27-7-5-6-23-25(27)17-34(31(23)37)26-10-11-29(35)32-30(26)36/h5-9,16,22,26,28H,2-4,10-15,17-19H2,1H3,(H,32,35,36)/t22?,26?,28-/m1/s1. The van der Waals surface area contributed by atoms with E-state index in [1.807, 2.05) is 12.1 Å². The third kappa shape index (κ3) is 5.32. The number of hydrogen-bond acceptors (Lipinski definition) is 6. The van der Waals surface area contributed by atoms with Crippen molar-refractivity contribution in [3.8, 4) is 5.75 Å². The molecule has 2 aromatic carbocycles. The van der Waals surface area contributed by atoms with Crippen LogP contribution in [0.1, 0.15) is 77.1 Å². The number of rotatable bonds is 8. The van der Waals surface area contributed by atoms with E-state index < -0.39 is 11.9 Å². The summed E-state index contributed by atoms with van der Waals surface area (Å²) in [7, 11) is 0. The van der Waals surface area contributed by atoms with Crippen LogP contribution in [0.2, 0.25) is 0 Å². The van der Waals surface area contributed by atoms with Crippen LogP contribution >= 0.6 is 0 Å². The number of piperidine rings is 2. The number of fused-ring (bicyclic) bond motifs is 4. The zero-order valence-corrected chi connectivity index (χ0v) is 22.6. The quantitative estimate of drug-likeness (QED) is 0.413. The van der Waals surface area contributed by atoms with Gasteiger partial charge < -0.3 is 19.3 Å². The van der Waals surface area contributed by atoms with Crippen molar-refractivity contribution in [3.05, 3.63) is 64.2 Å². The Morgan fingerprint density at radius 2 is 1.97 bits per heavy atom. The molecule has 0 bridgehead atoms. The Labute approximate surface area is 229 Å². The SMILES string of the molecule is Cc1ccc2c(c1)C1CCN(CCCCCOc3cccc4c3CN(C3CCC(=O)NC3=O)C4=O)C[C@H]1OC2. The molecule has 206 valence electrons. The number of aryl methyl sites for hydroxylation is 1. The van der Waals surface area contributed by atoms with Gasteiger partial charge in [-0.2, -0.15) is 0 Å². The van der Waals surface area contributed by atoms with Crippen molar-refractivity contribution < 1.29 is 23.9 Å². The summed E-state index contributed by atoms with van der Waals surface area (Å²) in [5.41, 5.74) is 5.60. The van der Waals surface area contributed by atoms with Crippen LogP contribution in [0.25, 0.3) is 0 Å². The highest BCUT2D eigenvalue weighted by atomic mass is 16.5. The van der Waals surface area contributed by atoms with Crippen LogP contribution in [-0.2, 0) is 27.5 Å². The van der Waals surface area contributed by atoms with Gasteiger partial charge in [0.25, 0.3) is 5.91 Å². The summed E-state index contributed by atoms with van der Waals surface area (Å²) in [5.74, 6) is 0.381. The first-order valence-electron chi connectivity index (χ1n) is 14.3. The number of carbonyl (C=O) groups excluding carboxylic acids is 3. The van der Waals surface area contributed by atoms with Crippen molar-refractivity contribution in [1.29, 1.82) is 0 Å². The fraction of sp³-hybridized carbons (Fsp3) is 0.516. The molecule has 2 unspecified atom stereocenters. The van der Waals surface area contributed by atoms with E-state index in [0.29, 0.717) is 42.9 Å². The molecule has 4 aliphatic rings. The van der Waals surface area contributed by atoms with E-state index in [-0.39, 0.29) is 18.2 Å². The summed E-state index contributed by atoms with van der Waals surface area (Å²) in [4.78, 5) is 40.9. The number of carbonyl (C=O) groups is 3. The van der Waals surface area contributed by atoms with Crippen molar-refractivity contribution in [2.24, 2.45) is 0 Å². The normalized spacial score (nSPS) is 24.7. The zero-order valence-electron chi connectivity index (χ0n) is 22.6. The summed E-state index contributed by atoms with van der Waals surface area (Å²) >= 11 is 0. The number of hydrogen-bond donors (Lipinski definition) is 1. The average molecular weight is 532 g/mol. The minimum Gasteiger partial charge on any atom is -0.493 e. The number of nitrogens with zero attached hydrogens (tertiary/aromatic N) is 2. The van der Waals surface area contributed by atoms with Crippen LogP contribution < -0.4 is 10.1 Å². The monoisotopic (exact) mass is 531 g/mol. The number of unbranched alkanes of at least 4 members (excludes halogenated alkanes) is 2. The predicted molar refractivity (Wildman–Crippen MR) is 145 cm³/mol. The number of imide groups is 1. The molecular formula is C31H37N3O5. The minimum absolute atomic E-state index is 0.172. The molecule has 39 heavy (non-hydrogen) atoms. The van der Waals surface area contributed by atoms with E-state index in [4.69, 9.17) is 9.47 Å². The van der Waals surface area contributed by atoms with Crippen molar-refractivity contribution in [1.82, 2.24) is 15.1 Å². The maximum absolute atomic E-state index is 13.0. The minimum atomic E-state index is -0.613. The second kappa shape index (κ2) is 11.1. The summed E-state index contributed by atoms with van der Waals surface area (Å²) < 4.78 is 12.4. The first kappa shape index (κ1) is 26.0. The van der Waals surface area contributed by atoms with Crippen molar-refractivity contribution in [2.75, 3.05) is 26.2 Å². The summed E-state index contributed by atoms with van der Waals surface area (Å²) in [6.45, 7) is 7.01. The van der Waals surface area contributed by atoms with Crippen LogP contribution in [0.5, 0.6) is 5.75 Å². The van der Waals surface area contributed by atoms with E-state index in [1.54, 1.807) is 11.0 Å². The third-order valence-electron chi connectivity index (χ3n) is 8.71. The summed E-state index contributed by atoms with van der Waals surface area (Å²) in [6, 6.07) is 11.7. The fourth-order valence-corrected chi connectivity index (χ4v) is 6.58. The second-order valence-electron chi connectivity index (χ2n) is 11.3. The Hall–Kier alpha value is -3.23. The van der Waals surface area contributed by atoms with Gasteiger partial charge in [0.2, 0.25) is 11.8 Å². The molecule has 8 nitrogen and oxygen atoms in total. The summed E-state index contributed by atoms with van der Waals surface area (Å²) in [6.07, 6.45) is 5.18. The molecule has 0 aliphatic carbocycles. The molecule has 3 atom stereocenters. The van der Waals surface area contributed by atoms with Crippen LogP contribution in [0.3, 0.4) is 0 Å². The number of ether oxygens (including phenoxy) is 2. The lowest BCUT2D eigenvalue weighted by Crippen LogP contribution is -2.52. The van der Waals surface area contributed by atoms with E-state index in [2.05, 4.69) is 35.3 Å². The molecule has 3 amide bonds. The molecule has 4 aliphatic heterocycles. The maximum atomic E-state index is 13.0. The average Bonchev–Trinajstić information content (AvgIpc) is 3.27. The van der Waals surface area contributed by atoms with Gasteiger partial charge in [-0.1, -0.05) is 29.8 Å². The lowest BCUT2D eigenvalue weighted by atomic mass is 9.82.